The molecule has 0 spiro atoms. The maximum absolute atomic E-state index is 10.7. The number of carbonyl (C=O) groups excluding carboxylic acids is 1. The molecule has 1 aromatic rings. The number of allylic oxidation sites excluding steroid dienone is 1. The molecule has 60 valence electrons. The third kappa shape index (κ3) is 1.29. The molecule has 1 amide bonds. The fourth-order valence-electron chi connectivity index (χ4n) is 1.08. The molecule has 0 aliphatic carbocycles. The number of nitrogens with one attached hydrogen (secondary N) is 2. The molecule has 2 N–H and O–H groups in total. The lowest BCUT2D eigenvalue weighted by Gasteiger charge is -1.93. The Labute approximate surface area is 69.8 Å². The van der Waals surface area contributed by atoms with Gasteiger partial charge in [0.1, 0.15) is 0 Å². The molecule has 3 nitrogen and oxygen atoms in total. The highest BCUT2D eigenvalue weighted by molar-refractivity contribution is 5.94. The fourth-order valence-corrected chi connectivity index (χ4v) is 1.08. The van der Waals surface area contributed by atoms with Crippen molar-refractivity contribution in [2.24, 2.45) is 0 Å². The Morgan fingerprint density at radius 2 is 2.25 bits per heavy atom. The Morgan fingerprint density at radius 1 is 1.33 bits per heavy atom. The topological polar surface area (TPSA) is 44.9 Å². The fraction of sp³-hybridized carbons (Fsp3) is 0. The van der Waals surface area contributed by atoms with Crippen LogP contribution in [0.25, 0.3) is 6.08 Å². The second kappa shape index (κ2) is 2.70. The van der Waals surface area contributed by atoms with Gasteiger partial charge in [0.15, 0.2) is 0 Å². The molecule has 2 heterocycles. The molecule has 0 saturated heterocycles. The van der Waals surface area contributed by atoms with Crippen molar-refractivity contribution >= 4 is 12.0 Å². The van der Waals surface area contributed by atoms with Crippen molar-refractivity contribution < 1.29 is 4.79 Å². The van der Waals surface area contributed by atoms with E-state index >= 15 is 0 Å². The van der Waals surface area contributed by atoms with Gasteiger partial charge in [-0.15, -0.1) is 0 Å². The van der Waals surface area contributed by atoms with E-state index in [1.165, 1.54) is 6.08 Å². The van der Waals surface area contributed by atoms with Crippen LogP contribution in [0.2, 0.25) is 0 Å². The first-order valence-corrected chi connectivity index (χ1v) is 3.69. The zero-order valence-electron chi connectivity index (χ0n) is 6.37. The summed E-state index contributed by atoms with van der Waals surface area (Å²) in [6.07, 6.45) is 6.98. The second-order valence-electron chi connectivity index (χ2n) is 2.55. The summed E-state index contributed by atoms with van der Waals surface area (Å²) in [6.45, 7) is 0. The molecule has 0 bridgehead atoms. The van der Waals surface area contributed by atoms with Crippen LogP contribution >= 0.6 is 0 Å². The van der Waals surface area contributed by atoms with Gasteiger partial charge in [0.2, 0.25) is 5.91 Å². The maximum atomic E-state index is 10.7. The Hall–Kier alpha value is -1.77. The number of hydrogen-bond acceptors (Lipinski definition) is 1. The molecule has 0 atom stereocenters. The first kappa shape index (κ1) is 6.91. The van der Waals surface area contributed by atoms with Crippen LogP contribution in [-0.4, -0.2) is 10.9 Å². The van der Waals surface area contributed by atoms with Crippen LogP contribution in [0.5, 0.6) is 0 Å². The summed E-state index contributed by atoms with van der Waals surface area (Å²) in [4.78, 5) is 13.8. The number of H-pyrrole nitrogens is 1. The molecule has 12 heavy (non-hydrogen) atoms. The monoisotopic (exact) mass is 160 g/mol. The van der Waals surface area contributed by atoms with E-state index in [9.17, 15) is 4.79 Å². The Morgan fingerprint density at radius 3 is 2.83 bits per heavy atom. The molecule has 2 rings (SSSR count). The van der Waals surface area contributed by atoms with Gasteiger partial charge in [-0.25, -0.2) is 0 Å². The van der Waals surface area contributed by atoms with Crippen LogP contribution in [0, 0.1) is 0 Å². The summed E-state index contributed by atoms with van der Waals surface area (Å²) < 4.78 is 0. The van der Waals surface area contributed by atoms with Gasteiger partial charge in [-0.3, -0.25) is 4.79 Å². The zero-order valence-corrected chi connectivity index (χ0v) is 6.37. The summed E-state index contributed by atoms with van der Waals surface area (Å²) in [7, 11) is 0. The number of aromatic nitrogens is 1. The van der Waals surface area contributed by atoms with Gasteiger partial charge in [0.05, 0.1) is 0 Å². The normalized spacial score (nSPS) is 18.7. The van der Waals surface area contributed by atoms with Gasteiger partial charge >= 0.3 is 0 Å². The van der Waals surface area contributed by atoms with Crippen molar-refractivity contribution in [2.45, 2.75) is 0 Å². The molecule has 0 saturated carbocycles. The Bertz CT molecular complexity index is 347. The third-order valence-electron chi connectivity index (χ3n) is 1.61. The van der Waals surface area contributed by atoms with Gasteiger partial charge < -0.3 is 10.3 Å². The lowest BCUT2D eigenvalue weighted by atomic mass is 10.3. The van der Waals surface area contributed by atoms with Gasteiger partial charge in [-0.1, -0.05) is 0 Å². The Kier molecular flexibility index (Phi) is 1.55. The molecular weight excluding hydrogens is 152 g/mol. The highest BCUT2D eigenvalue weighted by atomic mass is 16.1. The van der Waals surface area contributed by atoms with E-state index in [1.807, 2.05) is 24.4 Å². The van der Waals surface area contributed by atoms with Crippen LogP contribution in [0.3, 0.4) is 0 Å². The smallest absolute Gasteiger partial charge is 0.248 e. The second-order valence-corrected chi connectivity index (χ2v) is 2.55. The van der Waals surface area contributed by atoms with E-state index in [1.54, 1.807) is 6.08 Å². The lowest BCUT2D eigenvalue weighted by molar-refractivity contribution is -0.115. The van der Waals surface area contributed by atoms with E-state index in [2.05, 4.69) is 10.3 Å². The quantitative estimate of drug-likeness (QED) is 0.633. The first-order valence-electron chi connectivity index (χ1n) is 3.69. The molecule has 0 fully saturated rings. The molecule has 1 aliphatic rings. The highest BCUT2D eigenvalue weighted by Gasteiger charge is 2.05. The Balaban J connectivity index is 2.21. The van der Waals surface area contributed by atoms with Crippen LogP contribution in [0.15, 0.2) is 36.2 Å². The van der Waals surface area contributed by atoms with Gasteiger partial charge in [0.25, 0.3) is 0 Å². The molecule has 0 radical (unpaired) electrons. The number of aromatic amines is 1. The third-order valence-corrected chi connectivity index (χ3v) is 1.61. The minimum absolute atomic E-state index is 0.0622. The van der Waals surface area contributed by atoms with E-state index in [0.717, 1.165) is 11.4 Å². The molecule has 1 aromatic heterocycles. The predicted octanol–water partition coefficient (Wildman–Crippen LogP) is 1.04. The minimum Gasteiger partial charge on any atom is -0.362 e. The average molecular weight is 160 g/mol. The van der Waals surface area contributed by atoms with E-state index in [-0.39, 0.29) is 5.91 Å². The van der Waals surface area contributed by atoms with Crippen molar-refractivity contribution in [1.29, 1.82) is 0 Å². The summed E-state index contributed by atoms with van der Waals surface area (Å²) in [5.41, 5.74) is 1.80. The molecular formula is C9H8N2O. The largest absolute Gasteiger partial charge is 0.362 e. The van der Waals surface area contributed by atoms with Crippen molar-refractivity contribution in [3.63, 3.8) is 0 Å². The zero-order chi connectivity index (χ0) is 8.39. The number of rotatable bonds is 1. The molecule has 1 aliphatic heterocycles. The standard InChI is InChI=1S/C9H8N2O/c12-9-4-3-8(11-9)6-7-2-1-5-10-7/h1-6,10H,(H,11,12). The van der Waals surface area contributed by atoms with E-state index < -0.39 is 0 Å². The van der Waals surface area contributed by atoms with Crippen molar-refractivity contribution in [3.8, 4) is 0 Å². The van der Waals surface area contributed by atoms with Crippen molar-refractivity contribution in [1.82, 2.24) is 10.3 Å². The predicted molar refractivity (Wildman–Crippen MR) is 46.1 cm³/mol. The molecule has 3 heteroatoms. The average Bonchev–Trinajstić information content (AvgIpc) is 2.63. The lowest BCUT2D eigenvalue weighted by Crippen LogP contribution is -2.12. The van der Waals surface area contributed by atoms with Crippen LogP contribution in [0.1, 0.15) is 5.69 Å². The van der Waals surface area contributed by atoms with E-state index in [0.29, 0.717) is 0 Å². The summed E-state index contributed by atoms with van der Waals surface area (Å²) in [5, 5.41) is 2.68. The van der Waals surface area contributed by atoms with Crippen LogP contribution in [0.4, 0.5) is 0 Å². The van der Waals surface area contributed by atoms with Crippen molar-refractivity contribution in [2.75, 3.05) is 0 Å². The van der Waals surface area contributed by atoms with E-state index in [4.69, 9.17) is 0 Å². The van der Waals surface area contributed by atoms with Gasteiger partial charge in [-0.2, -0.15) is 0 Å². The van der Waals surface area contributed by atoms with Crippen LogP contribution in [-0.2, 0) is 4.79 Å². The number of hydrogen-bond donors (Lipinski definition) is 2. The summed E-state index contributed by atoms with van der Waals surface area (Å²) in [6, 6.07) is 3.85. The first-order chi connectivity index (χ1) is 5.84. The number of carbonyl (C=O) groups is 1. The highest BCUT2D eigenvalue weighted by Crippen LogP contribution is 2.06. The number of amides is 1. The minimum atomic E-state index is -0.0622. The molecule has 0 unspecified atom stereocenters. The van der Waals surface area contributed by atoms with Crippen molar-refractivity contribution in [3.05, 3.63) is 41.9 Å². The van der Waals surface area contributed by atoms with Gasteiger partial charge in [-0.05, 0) is 24.3 Å². The SMILES string of the molecule is O=C1C=CC(=Cc2ccc[nH]2)N1. The summed E-state index contributed by atoms with van der Waals surface area (Å²) in [5.74, 6) is -0.0622. The maximum Gasteiger partial charge on any atom is 0.248 e. The molecule has 0 aromatic carbocycles. The summed E-state index contributed by atoms with van der Waals surface area (Å²) >= 11 is 0. The van der Waals surface area contributed by atoms with Crippen LogP contribution < -0.4 is 5.32 Å². The van der Waals surface area contributed by atoms with Gasteiger partial charge in [0, 0.05) is 23.7 Å².